The van der Waals surface area contributed by atoms with Gasteiger partial charge in [0.2, 0.25) is 0 Å². The highest BCUT2D eigenvalue weighted by Gasteiger charge is 2.27. The van der Waals surface area contributed by atoms with Crippen molar-refractivity contribution in [3.05, 3.63) is 18.0 Å². The number of nitrogens with one attached hydrogen (secondary N) is 2. The van der Waals surface area contributed by atoms with Gasteiger partial charge in [0, 0.05) is 19.2 Å². The molecule has 0 aromatic carbocycles. The third-order valence-corrected chi connectivity index (χ3v) is 3.83. The van der Waals surface area contributed by atoms with Crippen molar-refractivity contribution in [2.75, 3.05) is 7.05 Å². The molecule has 1 aromatic heterocycles. The molecule has 1 heterocycles. The van der Waals surface area contributed by atoms with Crippen molar-refractivity contribution in [2.45, 2.75) is 52.1 Å². The fraction of sp³-hybridized carbons (Fsp3) is 0.714. The number of guanidine groups is 1. The molecule has 0 bridgehead atoms. The molecule has 1 aromatic rings. The van der Waals surface area contributed by atoms with E-state index in [-0.39, 0.29) is 24.0 Å². The van der Waals surface area contributed by atoms with Crippen LogP contribution in [0.1, 0.15) is 45.2 Å². The van der Waals surface area contributed by atoms with Gasteiger partial charge in [0.1, 0.15) is 12.0 Å². The van der Waals surface area contributed by atoms with Crippen molar-refractivity contribution in [3.63, 3.8) is 0 Å². The van der Waals surface area contributed by atoms with E-state index < -0.39 is 0 Å². The van der Waals surface area contributed by atoms with E-state index in [0.717, 1.165) is 11.7 Å². The Morgan fingerprint density at radius 1 is 1.45 bits per heavy atom. The SMILES string of the molecule is CN=C(NCc1ccon1)NC1CCC(C)(C)CC1.I. The number of rotatable bonds is 3. The Kier molecular flexibility index (Phi) is 6.78. The molecule has 1 saturated carbocycles. The molecule has 20 heavy (non-hydrogen) atoms. The molecule has 5 nitrogen and oxygen atoms in total. The Morgan fingerprint density at radius 2 is 2.15 bits per heavy atom. The number of hydrogen-bond acceptors (Lipinski definition) is 3. The van der Waals surface area contributed by atoms with E-state index in [1.165, 1.54) is 25.7 Å². The number of hydrogen-bond donors (Lipinski definition) is 2. The van der Waals surface area contributed by atoms with E-state index in [2.05, 4.69) is 34.6 Å². The average Bonchev–Trinajstić information content (AvgIpc) is 2.89. The van der Waals surface area contributed by atoms with Gasteiger partial charge in [-0.15, -0.1) is 24.0 Å². The van der Waals surface area contributed by atoms with E-state index in [1.54, 1.807) is 13.3 Å². The van der Waals surface area contributed by atoms with Crippen molar-refractivity contribution in [1.82, 2.24) is 15.8 Å². The molecule has 0 radical (unpaired) electrons. The highest BCUT2D eigenvalue weighted by Crippen LogP contribution is 2.34. The van der Waals surface area contributed by atoms with Crippen molar-refractivity contribution in [3.8, 4) is 0 Å². The third kappa shape index (κ3) is 5.30. The third-order valence-electron chi connectivity index (χ3n) is 3.83. The van der Waals surface area contributed by atoms with Gasteiger partial charge in [0.25, 0.3) is 0 Å². The minimum atomic E-state index is 0. The predicted molar refractivity (Wildman–Crippen MR) is 91.3 cm³/mol. The molecule has 1 aliphatic carbocycles. The Hall–Kier alpha value is -0.790. The maximum atomic E-state index is 4.80. The van der Waals surface area contributed by atoms with Crippen LogP contribution in [0.5, 0.6) is 0 Å². The molecule has 0 saturated heterocycles. The van der Waals surface area contributed by atoms with Crippen LogP contribution >= 0.6 is 24.0 Å². The smallest absolute Gasteiger partial charge is 0.191 e. The van der Waals surface area contributed by atoms with E-state index in [0.29, 0.717) is 18.0 Å². The molecule has 0 unspecified atom stereocenters. The van der Waals surface area contributed by atoms with Crippen molar-refractivity contribution in [1.29, 1.82) is 0 Å². The topological polar surface area (TPSA) is 62.5 Å². The van der Waals surface area contributed by atoms with E-state index in [1.807, 2.05) is 6.07 Å². The summed E-state index contributed by atoms with van der Waals surface area (Å²) >= 11 is 0. The molecular formula is C14H25IN4O. The second-order valence-corrected chi connectivity index (χ2v) is 6.00. The van der Waals surface area contributed by atoms with Gasteiger partial charge in [-0.3, -0.25) is 4.99 Å². The first kappa shape index (κ1) is 17.3. The van der Waals surface area contributed by atoms with Crippen molar-refractivity contribution >= 4 is 29.9 Å². The molecule has 1 fully saturated rings. The van der Waals surface area contributed by atoms with Crippen molar-refractivity contribution < 1.29 is 4.52 Å². The first-order valence-corrected chi connectivity index (χ1v) is 6.95. The Labute approximate surface area is 138 Å². The average molecular weight is 392 g/mol. The lowest BCUT2D eigenvalue weighted by atomic mass is 9.75. The minimum absolute atomic E-state index is 0. The molecule has 2 rings (SSSR count). The van der Waals surface area contributed by atoms with Crippen LogP contribution in [0.3, 0.4) is 0 Å². The van der Waals surface area contributed by atoms with E-state index >= 15 is 0 Å². The van der Waals surface area contributed by atoms with Crippen LogP contribution in [0, 0.1) is 5.41 Å². The molecule has 1 aliphatic rings. The molecule has 6 heteroatoms. The molecule has 114 valence electrons. The maximum Gasteiger partial charge on any atom is 0.191 e. The van der Waals surface area contributed by atoms with Crippen molar-refractivity contribution in [2.24, 2.45) is 10.4 Å². The van der Waals surface area contributed by atoms with Gasteiger partial charge in [-0.2, -0.15) is 0 Å². The summed E-state index contributed by atoms with van der Waals surface area (Å²) < 4.78 is 4.80. The van der Waals surface area contributed by atoms with Crippen LogP contribution < -0.4 is 10.6 Å². The highest BCUT2D eigenvalue weighted by atomic mass is 127. The molecule has 0 spiro atoms. The first-order chi connectivity index (χ1) is 9.09. The Morgan fingerprint density at radius 3 is 2.70 bits per heavy atom. The zero-order chi connectivity index (χ0) is 13.7. The molecule has 2 N–H and O–H groups in total. The number of aliphatic imine (C=N–C) groups is 1. The predicted octanol–water partition coefficient (Wildman–Crippen LogP) is 2.93. The van der Waals surface area contributed by atoms with Gasteiger partial charge in [0.05, 0.1) is 6.54 Å². The molecule has 0 amide bonds. The van der Waals surface area contributed by atoms with Gasteiger partial charge in [0.15, 0.2) is 5.96 Å². The van der Waals surface area contributed by atoms with Gasteiger partial charge in [-0.05, 0) is 31.1 Å². The zero-order valence-electron chi connectivity index (χ0n) is 12.5. The Balaban J connectivity index is 0.00000200. The van der Waals surface area contributed by atoms with Crippen LogP contribution in [-0.2, 0) is 6.54 Å². The van der Waals surface area contributed by atoms with Gasteiger partial charge < -0.3 is 15.2 Å². The minimum Gasteiger partial charge on any atom is -0.364 e. The maximum absolute atomic E-state index is 4.80. The van der Waals surface area contributed by atoms with Gasteiger partial charge >= 0.3 is 0 Å². The summed E-state index contributed by atoms with van der Waals surface area (Å²) in [5.41, 5.74) is 1.38. The number of nitrogens with zero attached hydrogens (tertiary/aromatic N) is 2. The number of aromatic nitrogens is 1. The summed E-state index contributed by atoms with van der Waals surface area (Å²) in [5, 5.41) is 10.6. The van der Waals surface area contributed by atoms with E-state index in [9.17, 15) is 0 Å². The fourth-order valence-electron chi connectivity index (χ4n) is 2.43. The lowest BCUT2D eigenvalue weighted by Gasteiger charge is -2.35. The lowest BCUT2D eigenvalue weighted by Crippen LogP contribution is -2.45. The summed E-state index contributed by atoms with van der Waals surface area (Å²) in [5.74, 6) is 0.840. The Bertz CT molecular complexity index is 407. The summed E-state index contributed by atoms with van der Waals surface area (Å²) in [4.78, 5) is 4.25. The van der Waals surface area contributed by atoms with Gasteiger partial charge in [-0.1, -0.05) is 19.0 Å². The monoisotopic (exact) mass is 392 g/mol. The second-order valence-electron chi connectivity index (χ2n) is 6.00. The fourth-order valence-corrected chi connectivity index (χ4v) is 2.43. The summed E-state index contributed by atoms with van der Waals surface area (Å²) in [7, 11) is 1.80. The van der Waals surface area contributed by atoms with Crippen LogP contribution in [-0.4, -0.2) is 24.2 Å². The van der Waals surface area contributed by atoms with Crippen LogP contribution in [0.15, 0.2) is 21.8 Å². The van der Waals surface area contributed by atoms with Crippen LogP contribution in [0.2, 0.25) is 0 Å². The lowest BCUT2D eigenvalue weighted by molar-refractivity contribution is 0.216. The zero-order valence-corrected chi connectivity index (χ0v) is 14.8. The summed E-state index contributed by atoms with van der Waals surface area (Å²) in [6.45, 7) is 5.33. The van der Waals surface area contributed by atoms with Crippen LogP contribution in [0.4, 0.5) is 0 Å². The quantitative estimate of drug-likeness (QED) is 0.472. The molecule has 0 atom stereocenters. The summed E-state index contributed by atoms with van der Waals surface area (Å²) in [6, 6.07) is 2.38. The van der Waals surface area contributed by atoms with Gasteiger partial charge in [-0.25, -0.2) is 0 Å². The normalized spacial score (nSPS) is 19.2. The van der Waals surface area contributed by atoms with Crippen LogP contribution in [0.25, 0.3) is 0 Å². The number of halogens is 1. The highest BCUT2D eigenvalue weighted by molar-refractivity contribution is 14.0. The molecule has 0 aliphatic heterocycles. The second kappa shape index (κ2) is 7.85. The standard InChI is InChI=1S/C14H24N4O.HI/c1-14(2)7-4-11(5-8-14)17-13(15-3)16-10-12-6-9-19-18-12;/h6,9,11H,4-5,7-8,10H2,1-3H3,(H2,15,16,17);1H. The largest absolute Gasteiger partial charge is 0.364 e. The first-order valence-electron chi connectivity index (χ1n) is 6.95. The summed E-state index contributed by atoms with van der Waals surface area (Å²) in [6.07, 6.45) is 6.53. The van der Waals surface area contributed by atoms with E-state index in [4.69, 9.17) is 4.52 Å². The molecular weight excluding hydrogens is 367 g/mol.